The molecule has 0 aliphatic heterocycles. The Morgan fingerprint density at radius 3 is 2.26 bits per heavy atom. The summed E-state index contributed by atoms with van der Waals surface area (Å²) in [6, 6.07) is 13.7. The van der Waals surface area contributed by atoms with Crippen molar-refractivity contribution in [3.05, 3.63) is 65.4 Å². The second-order valence-corrected chi connectivity index (χ2v) is 7.78. The standard InChI is InChI=1S/C23H29N3O/c1-14(2)17-9-7-10-18(15(3)4)22(17)26-23(27)20(24)12-16-13-25-21-11-6-5-8-19(16)21/h5-11,13-15,20,25H,12,24H2,1-4H3,(H,26,27). The van der Waals surface area contributed by atoms with E-state index in [1.807, 2.05) is 24.4 Å². The van der Waals surface area contributed by atoms with Crippen molar-refractivity contribution in [1.29, 1.82) is 0 Å². The number of nitrogens with one attached hydrogen (secondary N) is 2. The van der Waals surface area contributed by atoms with E-state index in [4.69, 9.17) is 5.73 Å². The topological polar surface area (TPSA) is 70.9 Å². The molecule has 0 saturated heterocycles. The van der Waals surface area contributed by atoms with Gasteiger partial charge in [-0.05, 0) is 41.0 Å². The van der Waals surface area contributed by atoms with E-state index in [1.165, 1.54) is 0 Å². The summed E-state index contributed by atoms with van der Waals surface area (Å²) in [5, 5.41) is 4.24. The molecule has 1 atom stereocenters. The maximum Gasteiger partial charge on any atom is 0.241 e. The largest absolute Gasteiger partial charge is 0.361 e. The summed E-state index contributed by atoms with van der Waals surface area (Å²) in [7, 11) is 0. The van der Waals surface area contributed by atoms with Gasteiger partial charge in [0.05, 0.1) is 6.04 Å². The molecule has 0 aliphatic carbocycles. The molecule has 3 aromatic rings. The summed E-state index contributed by atoms with van der Waals surface area (Å²) >= 11 is 0. The van der Waals surface area contributed by atoms with E-state index >= 15 is 0 Å². The number of rotatable bonds is 6. The molecule has 3 rings (SSSR count). The monoisotopic (exact) mass is 363 g/mol. The van der Waals surface area contributed by atoms with Gasteiger partial charge in [0.25, 0.3) is 0 Å². The number of carbonyl (C=O) groups excluding carboxylic acids is 1. The van der Waals surface area contributed by atoms with Crippen LogP contribution in [0.3, 0.4) is 0 Å². The minimum Gasteiger partial charge on any atom is -0.361 e. The van der Waals surface area contributed by atoms with Crippen LogP contribution in [0.5, 0.6) is 0 Å². The first-order valence-electron chi connectivity index (χ1n) is 9.62. The molecule has 4 heteroatoms. The fourth-order valence-electron chi connectivity index (χ4n) is 3.54. The number of benzene rings is 2. The fourth-order valence-corrected chi connectivity index (χ4v) is 3.54. The van der Waals surface area contributed by atoms with Crippen LogP contribution in [0.1, 0.15) is 56.2 Å². The van der Waals surface area contributed by atoms with Crippen LogP contribution < -0.4 is 11.1 Å². The van der Waals surface area contributed by atoms with Crippen molar-refractivity contribution < 1.29 is 4.79 Å². The Kier molecular flexibility index (Phi) is 5.66. The van der Waals surface area contributed by atoms with Gasteiger partial charge in [0.15, 0.2) is 0 Å². The van der Waals surface area contributed by atoms with Gasteiger partial charge in [-0.25, -0.2) is 0 Å². The number of hydrogen-bond donors (Lipinski definition) is 3. The van der Waals surface area contributed by atoms with Gasteiger partial charge in [-0.2, -0.15) is 0 Å². The van der Waals surface area contributed by atoms with Crippen LogP contribution in [-0.2, 0) is 11.2 Å². The molecule has 1 unspecified atom stereocenters. The predicted octanol–water partition coefficient (Wildman–Crippen LogP) is 4.92. The molecular weight excluding hydrogens is 334 g/mol. The first-order chi connectivity index (χ1) is 12.9. The number of amides is 1. The van der Waals surface area contributed by atoms with Crippen LogP contribution in [0.25, 0.3) is 10.9 Å². The van der Waals surface area contributed by atoms with Crippen molar-refractivity contribution in [1.82, 2.24) is 4.98 Å². The van der Waals surface area contributed by atoms with Gasteiger partial charge in [-0.15, -0.1) is 0 Å². The van der Waals surface area contributed by atoms with Crippen LogP contribution in [0.2, 0.25) is 0 Å². The lowest BCUT2D eigenvalue weighted by atomic mass is 9.92. The smallest absolute Gasteiger partial charge is 0.241 e. The Bertz CT molecular complexity index is 913. The minimum atomic E-state index is -0.607. The molecule has 0 saturated carbocycles. The molecule has 0 aliphatic rings. The summed E-state index contributed by atoms with van der Waals surface area (Å²) in [5.41, 5.74) is 11.6. The van der Waals surface area contributed by atoms with Crippen molar-refractivity contribution in [3.8, 4) is 0 Å². The molecule has 27 heavy (non-hydrogen) atoms. The van der Waals surface area contributed by atoms with E-state index in [1.54, 1.807) is 0 Å². The summed E-state index contributed by atoms with van der Waals surface area (Å²) in [5.74, 6) is 0.503. The van der Waals surface area contributed by atoms with Crippen LogP contribution in [0.4, 0.5) is 5.69 Å². The highest BCUT2D eigenvalue weighted by Gasteiger charge is 2.20. The average Bonchev–Trinajstić information content (AvgIpc) is 3.04. The zero-order chi connectivity index (χ0) is 19.6. The van der Waals surface area contributed by atoms with E-state index in [9.17, 15) is 4.79 Å². The van der Waals surface area contributed by atoms with E-state index in [0.29, 0.717) is 18.3 Å². The zero-order valence-corrected chi connectivity index (χ0v) is 16.5. The van der Waals surface area contributed by atoms with Gasteiger partial charge in [0.2, 0.25) is 5.91 Å². The molecule has 1 aromatic heterocycles. The lowest BCUT2D eigenvalue weighted by Gasteiger charge is -2.21. The maximum atomic E-state index is 12.9. The Balaban J connectivity index is 1.83. The minimum absolute atomic E-state index is 0.143. The number of aromatic amines is 1. The molecule has 2 aromatic carbocycles. The second kappa shape index (κ2) is 7.97. The molecule has 142 valence electrons. The SMILES string of the molecule is CC(C)c1cccc(C(C)C)c1NC(=O)C(N)Cc1c[nH]c2ccccc12. The van der Waals surface area contributed by atoms with E-state index in [0.717, 1.165) is 33.3 Å². The number of carbonyl (C=O) groups is 1. The number of fused-ring (bicyclic) bond motifs is 1. The lowest BCUT2D eigenvalue weighted by Crippen LogP contribution is -2.38. The first-order valence-corrected chi connectivity index (χ1v) is 9.62. The van der Waals surface area contributed by atoms with Crippen molar-refractivity contribution in [2.24, 2.45) is 5.73 Å². The predicted molar refractivity (Wildman–Crippen MR) is 113 cm³/mol. The highest BCUT2D eigenvalue weighted by molar-refractivity contribution is 5.97. The molecule has 1 heterocycles. The van der Waals surface area contributed by atoms with Crippen molar-refractivity contribution >= 4 is 22.5 Å². The van der Waals surface area contributed by atoms with Gasteiger partial charge >= 0.3 is 0 Å². The number of H-pyrrole nitrogens is 1. The van der Waals surface area contributed by atoms with E-state index in [-0.39, 0.29) is 5.91 Å². The summed E-state index contributed by atoms with van der Waals surface area (Å²) in [6.45, 7) is 8.56. The Hall–Kier alpha value is -2.59. The Morgan fingerprint density at radius 1 is 1.00 bits per heavy atom. The van der Waals surface area contributed by atoms with Crippen LogP contribution >= 0.6 is 0 Å². The fraction of sp³-hybridized carbons (Fsp3) is 0.348. The van der Waals surface area contributed by atoms with Crippen molar-refractivity contribution in [2.45, 2.75) is 52.0 Å². The number of anilines is 1. The van der Waals surface area contributed by atoms with Gasteiger partial charge in [-0.1, -0.05) is 64.1 Å². The number of hydrogen-bond acceptors (Lipinski definition) is 2. The average molecular weight is 364 g/mol. The number of para-hydroxylation sites is 2. The third kappa shape index (κ3) is 4.06. The number of aromatic nitrogens is 1. The molecular formula is C23H29N3O. The number of nitrogens with two attached hydrogens (primary N) is 1. The zero-order valence-electron chi connectivity index (χ0n) is 16.5. The molecule has 4 N–H and O–H groups in total. The first kappa shape index (κ1) is 19.2. The van der Waals surface area contributed by atoms with Crippen LogP contribution in [0.15, 0.2) is 48.7 Å². The third-order valence-corrected chi connectivity index (χ3v) is 5.07. The molecule has 4 nitrogen and oxygen atoms in total. The van der Waals surface area contributed by atoms with Gasteiger partial charge in [-0.3, -0.25) is 4.79 Å². The Morgan fingerprint density at radius 2 is 1.63 bits per heavy atom. The molecule has 0 radical (unpaired) electrons. The Labute approximate surface area is 161 Å². The van der Waals surface area contributed by atoms with Gasteiger partial charge in [0.1, 0.15) is 0 Å². The molecule has 0 spiro atoms. The van der Waals surface area contributed by atoms with E-state index in [2.05, 4.69) is 62.3 Å². The van der Waals surface area contributed by atoms with Crippen LogP contribution in [0, 0.1) is 0 Å². The summed E-state index contributed by atoms with van der Waals surface area (Å²) < 4.78 is 0. The van der Waals surface area contributed by atoms with Crippen molar-refractivity contribution in [2.75, 3.05) is 5.32 Å². The highest BCUT2D eigenvalue weighted by atomic mass is 16.2. The highest BCUT2D eigenvalue weighted by Crippen LogP contribution is 2.32. The molecule has 0 fully saturated rings. The van der Waals surface area contributed by atoms with Gasteiger partial charge < -0.3 is 16.0 Å². The normalized spacial score (nSPS) is 12.7. The third-order valence-electron chi connectivity index (χ3n) is 5.07. The van der Waals surface area contributed by atoms with Crippen LogP contribution in [-0.4, -0.2) is 16.9 Å². The second-order valence-electron chi connectivity index (χ2n) is 7.78. The summed E-state index contributed by atoms with van der Waals surface area (Å²) in [6.07, 6.45) is 2.44. The lowest BCUT2D eigenvalue weighted by molar-refractivity contribution is -0.117. The molecule has 1 amide bonds. The quantitative estimate of drug-likeness (QED) is 0.581. The van der Waals surface area contributed by atoms with Crippen molar-refractivity contribution in [3.63, 3.8) is 0 Å². The van der Waals surface area contributed by atoms with Gasteiger partial charge in [0, 0.05) is 22.8 Å². The van der Waals surface area contributed by atoms with E-state index < -0.39 is 6.04 Å². The maximum absolute atomic E-state index is 12.9. The molecule has 0 bridgehead atoms. The summed E-state index contributed by atoms with van der Waals surface area (Å²) in [4.78, 5) is 16.1.